The Labute approximate surface area is 118 Å². The number of esters is 1. The molecule has 0 spiro atoms. The van der Waals surface area contributed by atoms with Crippen molar-refractivity contribution in [3.63, 3.8) is 0 Å². The molecule has 2 aliphatic heterocycles. The van der Waals surface area contributed by atoms with E-state index in [1.54, 1.807) is 0 Å². The molecule has 1 saturated carbocycles. The number of fused-ring (bicyclic) bond motifs is 4. The number of carbonyl (C=O) groups is 2. The van der Waals surface area contributed by atoms with Gasteiger partial charge in [0.25, 0.3) is 0 Å². The minimum atomic E-state index is -1.18. The van der Waals surface area contributed by atoms with Gasteiger partial charge in [-0.25, -0.2) is 4.79 Å². The Kier molecular flexibility index (Phi) is 2.68. The van der Waals surface area contributed by atoms with E-state index < -0.39 is 29.4 Å². The van der Waals surface area contributed by atoms with Crippen molar-refractivity contribution < 1.29 is 24.2 Å². The zero-order valence-electron chi connectivity index (χ0n) is 12.4. The fraction of sp³-hybridized carbons (Fsp3) is 0.867. The highest BCUT2D eigenvalue weighted by atomic mass is 16.8. The number of carbonyl (C=O) groups excluding carboxylic acids is 2. The molecule has 112 valence electrons. The van der Waals surface area contributed by atoms with Gasteiger partial charge in [-0.15, -0.1) is 0 Å². The molecule has 0 unspecified atom stereocenters. The van der Waals surface area contributed by atoms with Crippen LogP contribution in [0.5, 0.6) is 0 Å². The van der Waals surface area contributed by atoms with Crippen LogP contribution in [0, 0.1) is 22.7 Å². The Bertz CT molecular complexity index is 477. The number of aldehydes is 1. The summed E-state index contributed by atoms with van der Waals surface area (Å²) in [5, 5.41) is 10.3. The summed E-state index contributed by atoms with van der Waals surface area (Å²) in [4.78, 5) is 23.3. The fourth-order valence-electron chi connectivity index (χ4n) is 4.81. The summed E-state index contributed by atoms with van der Waals surface area (Å²) in [6, 6.07) is 0. The van der Waals surface area contributed by atoms with Crippen LogP contribution >= 0.6 is 0 Å². The summed E-state index contributed by atoms with van der Waals surface area (Å²) in [6.07, 6.45) is 0.217. The summed E-state index contributed by atoms with van der Waals surface area (Å²) in [5.41, 5.74) is -1.92. The third-order valence-corrected chi connectivity index (χ3v) is 6.80. The van der Waals surface area contributed by atoms with Crippen LogP contribution in [0.25, 0.3) is 0 Å². The molecular formula is C15H22O5. The van der Waals surface area contributed by atoms with Crippen LogP contribution in [-0.2, 0) is 19.1 Å². The van der Waals surface area contributed by atoms with Crippen molar-refractivity contribution >= 4 is 12.3 Å². The van der Waals surface area contributed by atoms with Gasteiger partial charge in [-0.1, -0.05) is 27.7 Å². The van der Waals surface area contributed by atoms with Crippen molar-refractivity contribution in [3.8, 4) is 0 Å². The molecule has 0 amide bonds. The molecule has 2 heterocycles. The molecular weight excluding hydrogens is 260 g/mol. The SMILES string of the molecule is C[C@@H]1[C@@]2(CC=O)O[C@H](OC2=O)[C@]2(C)[C@@H](C)[C@H](O)C[C@@]12C. The molecule has 5 nitrogen and oxygen atoms in total. The quantitative estimate of drug-likeness (QED) is 0.610. The number of ether oxygens (including phenoxy) is 2. The van der Waals surface area contributed by atoms with E-state index in [1.807, 2.05) is 20.8 Å². The molecule has 20 heavy (non-hydrogen) atoms. The van der Waals surface area contributed by atoms with Crippen LogP contribution < -0.4 is 0 Å². The van der Waals surface area contributed by atoms with E-state index in [-0.39, 0.29) is 23.7 Å². The predicted molar refractivity (Wildman–Crippen MR) is 69.5 cm³/mol. The Morgan fingerprint density at radius 3 is 2.65 bits per heavy atom. The van der Waals surface area contributed by atoms with Crippen LogP contribution in [0.3, 0.4) is 0 Å². The van der Waals surface area contributed by atoms with Crippen LogP contribution in [0.1, 0.15) is 40.5 Å². The second-order valence-corrected chi connectivity index (χ2v) is 7.10. The highest BCUT2D eigenvalue weighted by Crippen LogP contribution is 2.69. The van der Waals surface area contributed by atoms with Gasteiger partial charge in [0.2, 0.25) is 6.29 Å². The lowest BCUT2D eigenvalue weighted by atomic mass is 9.54. The van der Waals surface area contributed by atoms with Gasteiger partial charge in [0.05, 0.1) is 6.10 Å². The van der Waals surface area contributed by atoms with Gasteiger partial charge in [-0.3, -0.25) is 0 Å². The maximum atomic E-state index is 12.3. The van der Waals surface area contributed by atoms with E-state index in [0.717, 1.165) is 6.29 Å². The first-order chi connectivity index (χ1) is 9.24. The number of aliphatic hydroxyl groups excluding tert-OH is 1. The van der Waals surface area contributed by atoms with Crippen LogP contribution in [0.2, 0.25) is 0 Å². The highest BCUT2D eigenvalue weighted by Gasteiger charge is 2.76. The molecule has 0 aromatic rings. The largest absolute Gasteiger partial charge is 0.433 e. The van der Waals surface area contributed by atoms with Crippen molar-refractivity contribution in [2.75, 3.05) is 0 Å². The molecule has 1 aliphatic carbocycles. The number of rotatable bonds is 2. The van der Waals surface area contributed by atoms with E-state index in [1.165, 1.54) is 0 Å². The molecule has 0 aromatic heterocycles. The smallest absolute Gasteiger partial charge is 0.341 e. The maximum absolute atomic E-state index is 12.3. The van der Waals surface area contributed by atoms with E-state index in [0.29, 0.717) is 6.42 Å². The van der Waals surface area contributed by atoms with E-state index in [2.05, 4.69) is 6.92 Å². The van der Waals surface area contributed by atoms with Crippen LogP contribution in [-0.4, -0.2) is 35.4 Å². The molecule has 5 heteroatoms. The minimum absolute atomic E-state index is 0.0135. The van der Waals surface area contributed by atoms with Gasteiger partial charge < -0.3 is 19.4 Å². The van der Waals surface area contributed by atoms with Crippen molar-refractivity contribution in [2.45, 2.75) is 58.5 Å². The topological polar surface area (TPSA) is 72.8 Å². The van der Waals surface area contributed by atoms with Crippen molar-refractivity contribution in [1.29, 1.82) is 0 Å². The third-order valence-electron chi connectivity index (χ3n) is 6.80. The molecule has 3 aliphatic rings. The summed E-state index contributed by atoms with van der Waals surface area (Å²) < 4.78 is 11.4. The summed E-state index contributed by atoms with van der Waals surface area (Å²) in [7, 11) is 0. The minimum Gasteiger partial charge on any atom is -0.433 e. The van der Waals surface area contributed by atoms with Gasteiger partial charge in [0.15, 0.2) is 5.60 Å². The fourth-order valence-corrected chi connectivity index (χ4v) is 4.81. The van der Waals surface area contributed by atoms with E-state index >= 15 is 0 Å². The van der Waals surface area contributed by atoms with Crippen molar-refractivity contribution in [3.05, 3.63) is 0 Å². The first kappa shape index (κ1) is 14.0. The molecule has 7 atom stereocenters. The van der Waals surface area contributed by atoms with Gasteiger partial charge >= 0.3 is 5.97 Å². The average Bonchev–Trinajstić information content (AvgIpc) is 2.80. The van der Waals surface area contributed by atoms with Gasteiger partial charge in [-0.05, 0) is 17.8 Å². The van der Waals surface area contributed by atoms with Crippen molar-refractivity contribution in [1.82, 2.24) is 0 Å². The lowest BCUT2D eigenvalue weighted by Crippen LogP contribution is -2.61. The van der Waals surface area contributed by atoms with Crippen LogP contribution in [0.4, 0.5) is 0 Å². The zero-order chi connectivity index (χ0) is 14.9. The number of aliphatic hydroxyl groups is 1. The standard InChI is InChI=1S/C15H22O5/c1-8-10(17)7-13(3)9(2)15(5-6-16)11(18)19-12(20-15)14(8,13)4/h6,8-10,12,17H,5,7H2,1-4H3/t8-,9-,10+,12-,13-,14-,15+/m0/s1. The third kappa shape index (κ3) is 1.22. The predicted octanol–water partition coefficient (Wildman–Crippen LogP) is 1.28. The van der Waals surface area contributed by atoms with Gasteiger partial charge in [0.1, 0.15) is 6.29 Å². The second kappa shape index (κ2) is 3.83. The lowest BCUT2D eigenvalue weighted by molar-refractivity contribution is -0.268. The second-order valence-electron chi connectivity index (χ2n) is 7.10. The van der Waals surface area contributed by atoms with E-state index in [4.69, 9.17) is 9.47 Å². The molecule has 0 aromatic carbocycles. The zero-order valence-corrected chi connectivity index (χ0v) is 12.4. The monoisotopic (exact) mass is 282 g/mol. The summed E-state index contributed by atoms with van der Waals surface area (Å²) >= 11 is 0. The summed E-state index contributed by atoms with van der Waals surface area (Å²) in [5.74, 6) is -0.642. The molecule has 1 N–H and O–H groups in total. The Balaban J connectivity index is 2.15. The molecule has 3 rings (SSSR count). The molecule has 3 fully saturated rings. The first-order valence-corrected chi connectivity index (χ1v) is 7.24. The van der Waals surface area contributed by atoms with E-state index in [9.17, 15) is 14.7 Å². The number of hydrogen-bond acceptors (Lipinski definition) is 5. The Morgan fingerprint density at radius 2 is 2.05 bits per heavy atom. The maximum Gasteiger partial charge on any atom is 0.341 e. The van der Waals surface area contributed by atoms with Crippen molar-refractivity contribution in [2.24, 2.45) is 22.7 Å². The number of hydrogen-bond donors (Lipinski definition) is 1. The summed E-state index contributed by atoms with van der Waals surface area (Å²) in [6.45, 7) is 8.03. The molecule has 0 radical (unpaired) electrons. The van der Waals surface area contributed by atoms with Gasteiger partial charge in [0, 0.05) is 17.8 Å². The highest BCUT2D eigenvalue weighted by molar-refractivity contribution is 5.85. The van der Waals surface area contributed by atoms with Gasteiger partial charge in [-0.2, -0.15) is 0 Å². The molecule has 2 bridgehead atoms. The molecule has 2 saturated heterocycles. The average molecular weight is 282 g/mol. The van der Waals surface area contributed by atoms with Crippen LogP contribution in [0.15, 0.2) is 0 Å². The Hall–Kier alpha value is -0.940. The normalized spacial score (nSPS) is 57.4. The Morgan fingerprint density at radius 1 is 1.40 bits per heavy atom. The first-order valence-electron chi connectivity index (χ1n) is 7.24. The lowest BCUT2D eigenvalue weighted by Gasteiger charge is -2.55.